The molecule has 23 heavy (non-hydrogen) atoms. The molecule has 0 heterocycles. The van der Waals surface area contributed by atoms with Gasteiger partial charge in [-0.15, -0.1) is 12.4 Å². The third-order valence-corrected chi connectivity index (χ3v) is 4.13. The van der Waals surface area contributed by atoms with Gasteiger partial charge in [-0.25, -0.2) is 0 Å². The molecule has 5 heteroatoms. The van der Waals surface area contributed by atoms with Gasteiger partial charge in [-0.2, -0.15) is 0 Å². The summed E-state index contributed by atoms with van der Waals surface area (Å²) in [6, 6.07) is 8.35. The monoisotopic (exact) mass is 340 g/mol. The lowest BCUT2D eigenvalue weighted by Crippen LogP contribution is -2.38. The van der Waals surface area contributed by atoms with Gasteiger partial charge in [0.05, 0.1) is 0 Å². The van der Waals surface area contributed by atoms with E-state index in [9.17, 15) is 4.79 Å². The highest BCUT2D eigenvalue weighted by Crippen LogP contribution is 2.16. The Labute approximate surface area is 145 Å². The smallest absolute Gasteiger partial charge is 0.257 e. The van der Waals surface area contributed by atoms with Crippen LogP contribution in [0.25, 0.3) is 0 Å². The van der Waals surface area contributed by atoms with Crippen molar-refractivity contribution in [3.63, 3.8) is 0 Å². The van der Waals surface area contributed by atoms with Crippen LogP contribution in [0.2, 0.25) is 0 Å². The maximum absolute atomic E-state index is 11.7. The van der Waals surface area contributed by atoms with Crippen LogP contribution in [-0.4, -0.2) is 31.6 Å². The quantitative estimate of drug-likeness (QED) is 0.592. The highest BCUT2D eigenvalue weighted by atomic mass is 35.5. The molecule has 0 unspecified atom stereocenters. The van der Waals surface area contributed by atoms with E-state index in [4.69, 9.17) is 4.74 Å². The third-order valence-electron chi connectivity index (χ3n) is 4.13. The fraction of sp³-hybridized carbons (Fsp3) is 0.611. The molecule has 2 N–H and O–H groups in total. The molecule has 0 radical (unpaired) electrons. The van der Waals surface area contributed by atoms with Crippen molar-refractivity contribution in [3.05, 3.63) is 29.8 Å². The van der Waals surface area contributed by atoms with Gasteiger partial charge in [0.1, 0.15) is 5.75 Å². The van der Waals surface area contributed by atoms with Gasteiger partial charge in [-0.1, -0.05) is 43.4 Å². The molecule has 0 atom stereocenters. The Morgan fingerprint density at radius 2 is 1.74 bits per heavy atom. The summed E-state index contributed by atoms with van der Waals surface area (Å²) >= 11 is 0. The van der Waals surface area contributed by atoms with Gasteiger partial charge in [0.2, 0.25) is 0 Å². The van der Waals surface area contributed by atoms with Gasteiger partial charge >= 0.3 is 0 Å². The van der Waals surface area contributed by atoms with E-state index in [1.54, 1.807) is 0 Å². The molecular weight excluding hydrogens is 312 g/mol. The lowest BCUT2D eigenvalue weighted by Gasteiger charge is -2.16. The number of hydrogen-bond donors (Lipinski definition) is 2. The molecule has 2 rings (SSSR count). The lowest BCUT2D eigenvalue weighted by molar-refractivity contribution is -0.123. The van der Waals surface area contributed by atoms with Crippen molar-refractivity contribution < 1.29 is 9.53 Å². The molecule has 0 saturated heterocycles. The van der Waals surface area contributed by atoms with Crippen molar-refractivity contribution >= 4 is 18.3 Å². The first-order chi connectivity index (χ1) is 10.7. The van der Waals surface area contributed by atoms with Crippen molar-refractivity contribution in [2.24, 2.45) is 0 Å². The number of benzene rings is 1. The first-order valence-corrected chi connectivity index (χ1v) is 8.43. The topological polar surface area (TPSA) is 50.4 Å². The van der Waals surface area contributed by atoms with E-state index < -0.39 is 0 Å². The van der Waals surface area contributed by atoms with Crippen molar-refractivity contribution in [1.29, 1.82) is 0 Å². The summed E-state index contributed by atoms with van der Waals surface area (Å²) in [7, 11) is 0. The maximum atomic E-state index is 11.7. The second-order valence-corrected chi connectivity index (χ2v) is 6.09. The van der Waals surface area contributed by atoms with Crippen molar-refractivity contribution in [2.75, 3.05) is 19.7 Å². The van der Waals surface area contributed by atoms with Crippen LogP contribution < -0.4 is 15.4 Å². The zero-order valence-electron chi connectivity index (χ0n) is 14.0. The molecule has 1 amide bonds. The van der Waals surface area contributed by atoms with Crippen LogP contribution in [0.3, 0.4) is 0 Å². The van der Waals surface area contributed by atoms with E-state index in [1.165, 1.54) is 44.1 Å². The number of halogens is 1. The zero-order valence-corrected chi connectivity index (χ0v) is 14.8. The number of aryl methyl sites for hydroxylation is 1. The van der Waals surface area contributed by atoms with E-state index in [1.807, 2.05) is 31.2 Å². The standard InChI is InChI=1S/C18H28N2O2.ClH/c1-15-8-10-17(11-9-15)22-14-18(21)20-13-12-19-16-6-4-2-3-5-7-16;/h8-11,16,19H,2-7,12-14H2,1H3,(H,20,21);1H. The molecule has 1 aromatic carbocycles. The van der Waals surface area contributed by atoms with Crippen molar-refractivity contribution in [3.8, 4) is 5.75 Å². The Balaban J connectivity index is 0.00000264. The minimum atomic E-state index is -0.0664. The Kier molecular flexibility index (Phi) is 9.72. The lowest BCUT2D eigenvalue weighted by atomic mass is 10.1. The van der Waals surface area contributed by atoms with E-state index in [2.05, 4.69) is 10.6 Å². The van der Waals surface area contributed by atoms with Gasteiger partial charge in [0.15, 0.2) is 6.61 Å². The summed E-state index contributed by atoms with van der Waals surface area (Å²) in [6.45, 7) is 3.60. The van der Waals surface area contributed by atoms with Crippen molar-refractivity contribution in [2.45, 2.75) is 51.5 Å². The van der Waals surface area contributed by atoms with E-state index in [0.717, 1.165) is 12.3 Å². The predicted octanol–water partition coefficient (Wildman–Crippen LogP) is 3.22. The molecule has 1 fully saturated rings. The number of carbonyl (C=O) groups excluding carboxylic acids is 1. The van der Waals surface area contributed by atoms with Gasteiger partial charge < -0.3 is 15.4 Å². The maximum Gasteiger partial charge on any atom is 0.257 e. The van der Waals surface area contributed by atoms with E-state index in [0.29, 0.717) is 12.6 Å². The molecule has 1 aromatic rings. The Morgan fingerprint density at radius 1 is 1.09 bits per heavy atom. The van der Waals surface area contributed by atoms with E-state index in [-0.39, 0.29) is 24.9 Å². The number of hydrogen-bond acceptors (Lipinski definition) is 3. The van der Waals surface area contributed by atoms with Crippen LogP contribution >= 0.6 is 12.4 Å². The average molecular weight is 341 g/mol. The van der Waals surface area contributed by atoms with Crippen molar-refractivity contribution in [1.82, 2.24) is 10.6 Å². The largest absolute Gasteiger partial charge is 0.484 e. The molecule has 1 aliphatic rings. The number of rotatable bonds is 7. The van der Waals surface area contributed by atoms with Crippen LogP contribution in [0.1, 0.15) is 44.1 Å². The SMILES string of the molecule is Cc1ccc(OCC(=O)NCCNC2CCCCCC2)cc1.Cl. The van der Waals surface area contributed by atoms with Gasteiger partial charge in [-0.3, -0.25) is 4.79 Å². The minimum Gasteiger partial charge on any atom is -0.484 e. The molecule has 0 bridgehead atoms. The second-order valence-electron chi connectivity index (χ2n) is 6.09. The van der Waals surface area contributed by atoms with Gasteiger partial charge in [0, 0.05) is 19.1 Å². The molecule has 0 aliphatic heterocycles. The van der Waals surface area contributed by atoms with E-state index >= 15 is 0 Å². The molecule has 1 aliphatic carbocycles. The highest BCUT2D eigenvalue weighted by Gasteiger charge is 2.11. The Bertz CT molecular complexity index is 443. The zero-order chi connectivity index (χ0) is 15.6. The van der Waals surface area contributed by atoms with Crippen LogP contribution in [0, 0.1) is 6.92 Å². The normalized spacial score (nSPS) is 15.3. The Morgan fingerprint density at radius 3 is 2.39 bits per heavy atom. The van der Waals surface area contributed by atoms with Crippen LogP contribution in [0.5, 0.6) is 5.75 Å². The fourth-order valence-corrected chi connectivity index (χ4v) is 2.80. The molecule has 0 spiro atoms. The molecular formula is C18H29ClN2O2. The summed E-state index contributed by atoms with van der Waals surface area (Å²) in [4.78, 5) is 11.7. The third kappa shape index (κ3) is 8.24. The molecule has 130 valence electrons. The first kappa shape index (κ1) is 19.8. The summed E-state index contributed by atoms with van der Waals surface area (Å²) in [5.74, 6) is 0.667. The Hall–Kier alpha value is -1.26. The summed E-state index contributed by atoms with van der Waals surface area (Å²) in [5.41, 5.74) is 1.18. The van der Waals surface area contributed by atoms with Gasteiger partial charge in [0.25, 0.3) is 5.91 Å². The minimum absolute atomic E-state index is 0. The summed E-state index contributed by atoms with van der Waals surface area (Å²) < 4.78 is 5.45. The molecule has 4 nitrogen and oxygen atoms in total. The fourth-order valence-electron chi connectivity index (χ4n) is 2.80. The summed E-state index contributed by atoms with van der Waals surface area (Å²) in [5, 5.41) is 6.43. The number of amides is 1. The molecule has 0 aromatic heterocycles. The molecule has 1 saturated carbocycles. The number of nitrogens with one attached hydrogen (secondary N) is 2. The number of carbonyl (C=O) groups is 1. The van der Waals surface area contributed by atoms with Crippen LogP contribution in [0.4, 0.5) is 0 Å². The highest BCUT2D eigenvalue weighted by molar-refractivity contribution is 5.85. The summed E-state index contributed by atoms with van der Waals surface area (Å²) in [6.07, 6.45) is 7.92. The first-order valence-electron chi connectivity index (χ1n) is 8.43. The predicted molar refractivity (Wildman–Crippen MR) is 96.4 cm³/mol. The second kappa shape index (κ2) is 11.3. The van der Waals surface area contributed by atoms with Crippen LogP contribution in [0.15, 0.2) is 24.3 Å². The van der Waals surface area contributed by atoms with Crippen LogP contribution in [-0.2, 0) is 4.79 Å². The van der Waals surface area contributed by atoms with Gasteiger partial charge in [-0.05, 0) is 31.9 Å². The number of ether oxygens (including phenoxy) is 1. The average Bonchev–Trinajstić information content (AvgIpc) is 2.80.